The predicted molar refractivity (Wildman–Crippen MR) is 71.8 cm³/mol. The van der Waals surface area contributed by atoms with Crippen molar-refractivity contribution >= 4 is 17.3 Å². The van der Waals surface area contributed by atoms with E-state index in [1.165, 1.54) is 31.4 Å². The zero-order valence-electron chi connectivity index (χ0n) is 10.3. The molecule has 3 N–H and O–H groups in total. The number of carbonyl (C=O) groups is 1. The number of carbonyl (C=O) groups excluding carboxylic acids is 1. The topological polar surface area (TPSA) is 64.3 Å². The van der Waals surface area contributed by atoms with Crippen molar-refractivity contribution in [3.8, 4) is 5.75 Å². The van der Waals surface area contributed by atoms with Crippen LogP contribution in [0.25, 0.3) is 0 Å². The molecule has 0 aliphatic heterocycles. The number of amides is 1. The molecule has 0 bridgehead atoms. The predicted octanol–water partition coefficient (Wildman–Crippen LogP) is 2.67. The van der Waals surface area contributed by atoms with Crippen LogP contribution in [-0.4, -0.2) is 13.0 Å². The van der Waals surface area contributed by atoms with Crippen LogP contribution in [-0.2, 0) is 0 Å². The number of ether oxygens (including phenoxy) is 1. The molecule has 0 heterocycles. The van der Waals surface area contributed by atoms with Crippen molar-refractivity contribution in [3.05, 3.63) is 53.8 Å². The van der Waals surface area contributed by atoms with Gasteiger partial charge in [0.1, 0.15) is 11.6 Å². The lowest BCUT2D eigenvalue weighted by molar-refractivity contribution is 0.102. The molecule has 0 aromatic heterocycles. The molecule has 19 heavy (non-hydrogen) atoms. The lowest BCUT2D eigenvalue weighted by Crippen LogP contribution is -2.13. The quantitative estimate of drug-likeness (QED) is 0.834. The summed E-state index contributed by atoms with van der Waals surface area (Å²) in [7, 11) is 1.53. The van der Waals surface area contributed by atoms with E-state index in [0.29, 0.717) is 22.7 Å². The third-order valence-corrected chi connectivity index (χ3v) is 2.61. The minimum atomic E-state index is -0.388. The van der Waals surface area contributed by atoms with Crippen molar-refractivity contribution in [1.29, 1.82) is 0 Å². The van der Waals surface area contributed by atoms with Crippen LogP contribution in [0.15, 0.2) is 42.5 Å². The van der Waals surface area contributed by atoms with Gasteiger partial charge >= 0.3 is 0 Å². The summed E-state index contributed by atoms with van der Waals surface area (Å²) in [6, 6.07) is 10.2. The third kappa shape index (κ3) is 3.01. The lowest BCUT2D eigenvalue weighted by Gasteiger charge is -2.09. The molecule has 4 nitrogen and oxygen atoms in total. The van der Waals surface area contributed by atoms with E-state index in [1.807, 2.05) is 0 Å². The highest BCUT2D eigenvalue weighted by atomic mass is 19.1. The van der Waals surface area contributed by atoms with E-state index in [4.69, 9.17) is 10.5 Å². The van der Waals surface area contributed by atoms with Gasteiger partial charge in [-0.25, -0.2) is 4.39 Å². The van der Waals surface area contributed by atoms with E-state index in [9.17, 15) is 9.18 Å². The fraction of sp³-hybridized carbons (Fsp3) is 0.0714. The van der Waals surface area contributed by atoms with Crippen molar-refractivity contribution in [1.82, 2.24) is 0 Å². The van der Waals surface area contributed by atoms with Crippen LogP contribution < -0.4 is 15.8 Å². The van der Waals surface area contributed by atoms with Crippen molar-refractivity contribution in [3.63, 3.8) is 0 Å². The summed E-state index contributed by atoms with van der Waals surface area (Å²) >= 11 is 0. The monoisotopic (exact) mass is 260 g/mol. The number of methoxy groups -OCH3 is 1. The van der Waals surface area contributed by atoms with Crippen LogP contribution in [0.4, 0.5) is 15.8 Å². The van der Waals surface area contributed by atoms with Gasteiger partial charge in [0.05, 0.1) is 18.5 Å². The Morgan fingerprint density at radius 1 is 1.21 bits per heavy atom. The number of halogens is 1. The molecule has 0 saturated heterocycles. The van der Waals surface area contributed by atoms with Crippen molar-refractivity contribution in [2.24, 2.45) is 0 Å². The number of nitrogens with one attached hydrogen (secondary N) is 1. The second-order valence-corrected chi connectivity index (χ2v) is 3.91. The van der Waals surface area contributed by atoms with Crippen LogP contribution in [0.3, 0.4) is 0 Å². The first-order valence-corrected chi connectivity index (χ1v) is 5.60. The largest absolute Gasteiger partial charge is 0.497 e. The summed E-state index contributed by atoms with van der Waals surface area (Å²) in [5, 5.41) is 2.66. The Balaban J connectivity index is 2.17. The van der Waals surface area contributed by atoms with Crippen molar-refractivity contribution in [2.45, 2.75) is 0 Å². The van der Waals surface area contributed by atoms with Gasteiger partial charge in [-0.1, -0.05) is 0 Å². The summed E-state index contributed by atoms with van der Waals surface area (Å²) in [6.07, 6.45) is 0. The molecule has 0 aliphatic carbocycles. The minimum absolute atomic E-state index is 0.350. The minimum Gasteiger partial charge on any atom is -0.497 e. The summed E-state index contributed by atoms with van der Waals surface area (Å²) in [4.78, 5) is 11.9. The molecule has 1 amide bonds. The van der Waals surface area contributed by atoms with Crippen LogP contribution in [0.2, 0.25) is 0 Å². The molecule has 0 fully saturated rings. The first kappa shape index (κ1) is 12.9. The fourth-order valence-electron chi connectivity index (χ4n) is 1.58. The molecule has 0 radical (unpaired) electrons. The standard InChI is InChI=1S/C14H13FN2O2/c1-19-11-6-7-13(12(16)8-11)17-14(18)9-2-4-10(15)5-3-9/h2-8H,16H2,1H3,(H,17,18). The summed E-state index contributed by atoms with van der Waals surface area (Å²) in [6.45, 7) is 0. The van der Waals surface area contributed by atoms with Crippen LogP contribution in [0.5, 0.6) is 5.75 Å². The van der Waals surface area contributed by atoms with E-state index in [-0.39, 0.29) is 11.7 Å². The number of hydrogen-bond donors (Lipinski definition) is 2. The molecule has 0 saturated carbocycles. The lowest BCUT2D eigenvalue weighted by atomic mass is 10.2. The van der Waals surface area contributed by atoms with Crippen LogP contribution in [0, 0.1) is 5.82 Å². The molecule has 5 heteroatoms. The SMILES string of the molecule is COc1ccc(NC(=O)c2ccc(F)cc2)c(N)c1. The zero-order chi connectivity index (χ0) is 13.8. The average Bonchev–Trinajstić information content (AvgIpc) is 2.41. The smallest absolute Gasteiger partial charge is 0.255 e. The highest BCUT2D eigenvalue weighted by Gasteiger charge is 2.08. The van der Waals surface area contributed by atoms with Crippen molar-refractivity contribution < 1.29 is 13.9 Å². The van der Waals surface area contributed by atoms with Gasteiger partial charge in [0.2, 0.25) is 0 Å². The molecule has 0 aliphatic rings. The molecule has 98 valence electrons. The van der Waals surface area contributed by atoms with E-state index < -0.39 is 0 Å². The summed E-state index contributed by atoms with van der Waals surface area (Å²) < 4.78 is 17.8. The van der Waals surface area contributed by atoms with Gasteiger partial charge in [0.25, 0.3) is 5.91 Å². The van der Waals surface area contributed by atoms with Crippen LogP contribution in [0.1, 0.15) is 10.4 Å². The molecular weight excluding hydrogens is 247 g/mol. The summed E-state index contributed by atoms with van der Waals surface area (Å²) in [5.41, 5.74) is 7.03. The van der Waals surface area contributed by atoms with Crippen molar-refractivity contribution in [2.75, 3.05) is 18.2 Å². The molecule has 2 aromatic rings. The van der Waals surface area contributed by atoms with E-state index in [0.717, 1.165) is 0 Å². The summed E-state index contributed by atoms with van der Waals surface area (Å²) in [5.74, 6) is -0.130. The second kappa shape index (κ2) is 5.39. The Morgan fingerprint density at radius 3 is 2.47 bits per heavy atom. The second-order valence-electron chi connectivity index (χ2n) is 3.91. The number of nitrogens with two attached hydrogens (primary N) is 1. The Labute approximate surface area is 110 Å². The Bertz CT molecular complexity index is 597. The first-order chi connectivity index (χ1) is 9.10. The van der Waals surface area contributed by atoms with Crippen LogP contribution >= 0.6 is 0 Å². The first-order valence-electron chi connectivity index (χ1n) is 5.60. The van der Waals surface area contributed by atoms with Gasteiger partial charge < -0.3 is 15.8 Å². The Hall–Kier alpha value is -2.56. The third-order valence-electron chi connectivity index (χ3n) is 2.61. The molecule has 0 atom stereocenters. The maximum atomic E-state index is 12.8. The molecular formula is C14H13FN2O2. The number of anilines is 2. The van der Waals surface area contributed by atoms with Gasteiger partial charge in [-0.05, 0) is 36.4 Å². The zero-order valence-corrected chi connectivity index (χ0v) is 10.3. The molecule has 2 rings (SSSR count). The number of benzene rings is 2. The maximum absolute atomic E-state index is 12.8. The Kier molecular flexibility index (Phi) is 3.66. The van der Waals surface area contributed by atoms with Gasteiger partial charge in [0.15, 0.2) is 0 Å². The number of rotatable bonds is 3. The number of nitrogen functional groups attached to an aromatic ring is 1. The molecule has 2 aromatic carbocycles. The van der Waals surface area contributed by atoms with E-state index in [1.54, 1.807) is 18.2 Å². The highest BCUT2D eigenvalue weighted by Crippen LogP contribution is 2.24. The van der Waals surface area contributed by atoms with E-state index in [2.05, 4.69) is 5.32 Å². The van der Waals surface area contributed by atoms with Gasteiger partial charge in [-0.15, -0.1) is 0 Å². The maximum Gasteiger partial charge on any atom is 0.255 e. The van der Waals surface area contributed by atoms with Gasteiger partial charge in [-0.2, -0.15) is 0 Å². The highest BCUT2D eigenvalue weighted by molar-refractivity contribution is 6.05. The van der Waals surface area contributed by atoms with Gasteiger partial charge in [-0.3, -0.25) is 4.79 Å². The molecule has 0 unspecified atom stereocenters. The van der Waals surface area contributed by atoms with Gasteiger partial charge in [0, 0.05) is 11.6 Å². The Morgan fingerprint density at radius 2 is 1.89 bits per heavy atom. The fourth-order valence-corrected chi connectivity index (χ4v) is 1.58. The number of hydrogen-bond acceptors (Lipinski definition) is 3. The molecule has 0 spiro atoms. The average molecular weight is 260 g/mol. The normalized spacial score (nSPS) is 10.0. The van der Waals surface area contributed by atoms with E-state index >= 15 is 0 Å².